The van der Waals surface area contributed by atoms with Gasteiger partial charge < -0.3 is 15.2 Å². The molecule has 0 bridgehead atoms. The van der Waals surface area contributed by atoms with Gasteiger partial charge in [0.05, 0.1) is 19.3 Å². The molecule has 0 amide bonds. The second kappa shape index (κ2) is 8.63. The zero-order chi connectivity index (χ0) is 15.8. The predicted molar refractivity (Wildman–Crippen MR) is 84.9 cm³/mol. The molecule has 0 aromatic heterocycles. The van der Waals surface area contributed by atoms with Crippen molar-refractivity contribution >= 4 is 0 Å². The largest absolute Gasteiger partial charge is 0.389 e. The van der Waals surface area contributed by atoms with E-state index in [1.807, 2.05) is 37.3 Å². The number of ether oxygens (including phenoxy) is 1. The fourth-order valence-electron chi connectivity index (χ4n) is 2.15. The van der Waals surface area contributed by atoms with E-state index in [0.717, 1.165) is 0 Å². The highest BCUT2D eigenvalue weighted by atomic mass is 19.1. The van der Waals surface area contributed by atoms with Gasteiger partial charge in [0.1, 0.15) is 5.82 Å². The summed E-state index contributed by atoms with van der Waals surface area (Å²) in [6.07, 6.45) is -0.627. The van der Waals surface area contributed by atoms with Gasteiger partial charge >= 0.3 is 0 Å². The average Bonchev–Trinajstić information content (AvgIpc) is 2.55. The van der Waals surface area contributed by atoms with Crippen molar-refractivity contribution in [3.63, 3.8) is 0 Å². The number of rotatable bonds is 8. The first kappa shape index (κ1) is 16.6. The third-order valence-electron chi connectivity index (χ3n) is 3.48. The molecule has 0 aliphatic rings. The van der Waals surface area contributed by atoms with Crippen LogP contribution in [0.3, 0.4) is 0 Å². The number of halogens is 1. The van der Waals surface area contributed by atoms with Crippen LogP contribution in [0.1, 0.15) is 24.1 Å². The average molecular weight is 303 g/mol. The number of benzene rings is 2. The van der Waals surface area contributed by atoms with Gasteiger partial charge in [-0.05, 0) is 18.6 Å². The van der Waals surface area contributed by atoms with Gasteiger partial charge in [0.15, 0.2) is 0 Å². The Labute approximate surface area is 130 Å². The molecule has 0 heterocycles. The fraction of sp³-hybridized carbons (Fsp3) is 0.333. The van der Waals surface area contributed by atoms with E-state index in [9.17, 15) is 9.50 Å². The molecule has 0 aliphatic carbocycles. The summed E-state index contributed by atoms with van der Waals surface area (Å²) in [5, 5.41) is 13.2. The van der Waals surface area contributed by atoms with E-state index in [-0.39, 0.29) is 25.1 Å². The number of hydrogen-bond donors (Lipinski definition) is 2. The van der Waals surface area contributed by atoms with Crippen LogP contribution in [0.2, 0.25) is 0 Å². The van der Waals surface area contributed by atoms with Crippen molar-refractivity contribution in [2.45, 2.75) is 25.7 Å². The molecule has 118 valence electrons. The van der Waals surface area contributed by atoms with Crippen LogP contribution in [0.4, 0.5) is 4.39 Å². The van der Waals surface area contributed by atoms with Crippen LogP contribution in [-0.2, 0) is 11.3 Å². The third kappa shape index (κ3) is 5.22. The molecule has 2 unspecified atom stereocenters. The van der Waals surface area contributed by atoms with Gasteiger partial charge in [-0.25, -0.2) is 4.39 Å². The lowest BCUT2D eigenvalue weighted by molar-refractivity contribution is 0.0268. The molecule has 2 atom stereocenters. The normalized spacial score (nSPS) is 13.8. The first-order chi connectivity index (χ1) is 10.7. The minimum atomic E-state index is -0.627. The maximum atomic E-state index is 13.4. The van der Waals surface area contributed by atoms with E-state index in [2.05, 4.69) is 5.32 Å². The van der Waals surface area contributed by atoms with Gasteiger partial charge in [-0.15, -0.1) is 0 Å². The minimum absolute atomic E-state index is 0.155. The van der Waals surface area contributed by atoms with Crippen LogP contribution in [0, 0.1) is 5.82 Å². The second-order valence-electron chi connectivity index (χ2n) is 5.30. The molecule has 0 radical (unpaired) electrons. The van der Waals surface area contributed by atoms with Gasteiger partial charge in [-0.2, -0.15) is 0 Å². The summed E-state index contributed by atoms with van der Waals surface area (Å²) in [7, 11) is 0. The summed E-state index contributed by atoms with van der Waals surface area (Å²) in [6.45, 7) is 2.80. The maximum absolute atomic E-state index is 13.4. The topological polar surface area (TPSA) is 41.5 Å². The summed E-state index contributed by atoms with van der Waals surface area (Å²) in [5.41, 5.74) is 1.67. The van der Waals surface area contributed by atoms with E-state index in [0.29, 0.717) is 12.1 Å². The molecule has 0 fully saturated rings. The van der Waals surface area contributed by atoms with E-state index < -0.39 is 6.10 Å². The molecular weight excluding hydrogens is 281 g/mol. The van der Waals surface area contributed by atoms with Crippen LogP contribution in [0.15, 0.2) is 54.6 Å². The summed E-state index contributed by atoms with van der Waals surface area (Å²) in [5.74, 6) is -0.284. The van der Waals surface area contributed by atoms with Crippen molar-refractivity contribution < 1.29 is 14.2 Å². The van der Waals surface area contributed by atoms with Gasteiger partial charge in [0, 0.05) is 18.2 Å². The number of aliphatic hydroxyl groups is 1. The number of hydrogen-bond acceptors (Lipinski definition) is 3. The Morgan fingerprint density at radius 1 is 1.09 bits per heavy atom. The molecular formula is C18H22FNO2. The molecule has 2 aromatic carbocycles. The molecule has 0 saturated carbocycles. The SMILES string of the molecule is CC(NCC(O)COCc1ccccc1F)c1ccccc1. The van der Waals surface area contributed by atoms with Crippen LogP contribution in [0.25, 0.3) is 0 Å². The molecule has 2 N–H and O–H groups in total. The van der Waals surface area contributed by atoms with Crippen molar-refractivity contribution in [1.29, 1.82) is 0 Å². The first-order valence-electron chi connectivity index (χ1n) is 7.44. The van der Waals surface area contributed by atoms with Crippen molar-refractivity contribution in [3.05, 3.63) is 71.5 Å². The van der Waals surface area contributed by atoms with E-state index in [1.54, 1.807) is 18.2 Å². The molecule has 0 spiro atoms. The highest BCUT2D eigenvalue weighted by molar-refractivity contribution is 5.18. The quantitative estimate of drug-likeness (QED) is 0.787. The van der Waals surface area contributed by atoms with Gasteiger partial charge in [0.2, 0.25) is 0 Å². The smallest absolute Gasteiger partial charge is 0.128 e. The molecule has 3 nitrogen and oxygen atoms in total. The summed E-state index contributed by atoms with van der Waals surface area (Å²) >= 11 is 0. The lowest BCUT2D eigenvalue weighted by atomic mass is 10.1. The highest BCUT2D eigenvalue weighted by Crippen LogP contribution is 2.11. The maximum Gasteiger partial charge on any atom is 0.128 e. The van der Waals surface area contributed by atoms with Crippen molar-refractivity contribution in [3.8, 4) is 0 Å². The Morgan fingerprint density at radius 3 is 2.50 bits per heavy atom. The van der Waals surface area contributed by atoms with Gasteiger partial charge in [-0.1, -0.05) is 48.5 Å². The van der Waals surface area contributed by atoms with Crippen LogP contribution >= 0.6 is 0 Å². The number of aliphatic hydroxyl groups excluding tert-OH is 1. The minimum Gasteiger partial charge on any atom is -0.389 e. The van der Waals surface area contributed by atoms with Crippen LogP contribution in [-0.4, -0.2) is 24.4 Å². The molecule has 2 aromatic rings. The van der Waals surface area contributed by atoms with Crippen LogP contribution in [0.5, 0.6) is 0 Å². The zero-order valence-corrected chi connectivity index (χ0v) is 12.7. The van der Waals surface area contributed by atoms with Gasteiger partial charge in [-0.3, -0.25) is 0 Å². The van der Waals surface area contributed by atoms with Crippen molar-refractivity contribution in [2.24, 2.45) is 0 Å². The molecule has 22 heavy (non-hydrogen) atoms. The Balaban J connectivity index is 1.68. The van der Waals surface area contributed by atoms with E-state index >= 15 is 0 Å². The Bertz CT molecular complexity index is 562. The zero-order valence-electron chi connectivity index (χ0n) is 12.7. The van der Waals surface area contributed by atoms with E-state index in [4.69, 9.17) is 4.74 Å². The number of nitrogens with one attached hydrogen (secondary N) is 1. The molecule has 2 rings (SSSR count). The lowest BCUT2D eigenvalue weighted by Crippen LogP contribution is -2.32. The fourth-order valence-corrected chi connectivity index (χ4v) is 2.15. The monoisotopic (exact) mass is 303 g/mol. The van der Waals surface area contributed by atoms with Crippen molar-refractivity contribution in [1.82, 2.24) is 5.32 Å². The predicted octanol–water partition coefficient (Wildman–Crippen LogP) is 3.05. The highest BCUT2D eigenvalue weighted by Gasteiger charge is 2.09. The van der Waals surface area contributed by atoms with E-state index in [1.165, 1.54) is 11.6 Å². The Kier molecular flexibility index (Phi) is 6.52. The third-order valence-corrected chi connectivity index (χ3v) is 3.48. The van der Waals surface area contributed by atoms with Crippen LogP contribution < -0.4 is 5.32 Å². The lowest BCUT2D eigenvalue weighted by Gasteiger charge is -2.17. The Hall–Kier alpha value is -1.75. The second-order valence-corrected chi connectivity index (χ2v) is 5.30. The molecule has 0 aliphatic heterocycles. The standard InChI is InChI=1S/C18H22FNO2/c1-14(15-7-3-2-4-8-15)20-11-17(21)13-22-12-16-9-5-6-10-18(16)19/h2-10,14,17,20-21H,11-13H2,1H3. The summed E-state index contributed by atoms with van der Waals surface area (Å²) in [6, 6.07) is 16.7. The first-order valence-corrected chi connectivity index (χ1v) is 7.44. The van der Waals surface area contributed by atoms with Gasteiger partial charge in [0.25, 0.3) is 0 Å². The summed E-state index contributed by atoms with van der Waals surface area (Å²) in [4.78, 5) is 0. The molecule has 0 saturated heterocycles. The molecule has 4 heteroatoms. The van der Waals surface area contributed by atoms with Crippen molar-refractivity contribution in [2.75, 3.05) is 13.2 Å². The Morgan fingerprint density at radius 2 is 1.77 bits per heavy atom. The summed E-state index contributed by atoms with van der Waals surface area (Å²) < 4.78 is 18.8.